The highest BCUT2D eigenvalue weighted by Gasteiger charge is 2.41. The summed E-state index contributed by atoms with van der Waals surface area (Å²) in [6, 6.07) is 10.4. The first-order valence-electron chi connectivity index (χ1n) is 6.25. The fourth-order valence-corrected chi connectivity index (χ4v) is 2.59. The molecule has 0 saturated carbocycles. The van der Waals surface area contributed by atoms with Crippen molar-refractivity contribution in [1.29, 1.82) is 0 Å². The third kappa shape index (κ3) is 1.82. The van der Waals surface area contributed by atoms with Gasteiger partial charge in [0.1, 0.15) is 0 Å². The lowest BCUT2D eigenvalue weighted by molar-refractivity contribution is 0.0523. The highest BCUT2D eigenvalue weighted by molar-refractivity contribution is 5.32. The topological polar surface area (TPSA) is 48.2 Å². The Bertz CT molecular complexity index is 516. The zero-order valence-corrected chi connectivity index (χ0v) is 10.4. The van der Waals surface area contributed by atoms with E-state index >= 15 is 0 Å². The van der Waals surface area contributed by atoms with Gasteiger partial charge >= 0.3 is 0 Å². The largest absolute Gasteiger partial charge is 0.381 e. The molecule has 1 fully saturated rings. The minimum absolute atomic E-state index is 0.180. The van der Waals surface area contributed by atoms with Crippen molar-refractivity contribution in [1.82, 2.24) is 10.1 Å². The molecule has 4 heteroatoms. The third-order valence-corrected chi connectivity index (χ3v) is 3.61. The summed E-state index contributed by atoms with van der Waals surface area (Å²) in [6.07, 6.45) is 1.78. The Kier molecular flexibility index (Phi) is 2.88. The molecule has 0 amide bonds. The average Bonchev–Trinajstić information content (AvgIpc) is 2.88. The van der Waals surface area contributed by atoms with Crippen molar-refractivity contribution < 1.29 is 9.26 Å². The van der Waals surface area contributed by atoms with Crippen molar-refractivity contribution in [2.24, 2.45) is 0 Å². The minimum Gasteiger partial charge on any atom is -0.381 e. The molecule has 2 aromatic rings. The van der Waals surface area contributed by atoms with Crippen LogP contribution in [0.5, 0.6) is 0 Å². The predicted octanol–water partition coefficient (Wildman–Crippen LogP) is 2.47. The Morgan fingerprint density at radius 3 is 2.44 bits per heavy atom. The summed E-state index contributed by atoms with van der Waals surface area (Å²) in [6.45, 7) is 3.32. The number of benzene rings is 1. The van der Waals surface area contributed by atoms with Gasteiger partial charge in [0.2, 0.25) is 5.89 Å². The molecule has 4 nitrogen and oxygen atoms in total. The van der Waals surface area contributed by atoms with Crippen LogP contribution in [-0.2, 0) is 10.2 Å². The van der Waals surface area contributed by atoms with Gasteiger partial charge in [0.05, 0.1) is 5.41 Å². The second kappa shape index (κ2) is 4.53. The van der Waals surface area contributed by atoms with Crippen LogP contribution < -0.4 is 0 Å². The first-order valence-corrected chi connectivity index (χ1v) is 6.25. The second-order valence-electron chi connectivity index (χ2n) is 4.71. The van der Waals surface area contributed by atoms with E-state index in [0.717, 1.165) is 31.9 Å². The minimum atomic E-state index is -0.180. The summed E-state index contributed by atoms with van der Waals surface area (Å²) >= 11 is 0. The van der Waals surface area contributed by atoms with Gasteiger partial charge in [-0.2, -0.15) is 4.98 Å². The summed E-state index contributed by atoms with van der Waals surface area (Å²) < 4.78 is 10.9. The molecule has 1 aromatic carbocycles. The van der Waals surface area contributed by atoms with E-state index in [9.17, 15) is 0 Å². The Labute approximate surface area is 106 Å². The number of nitrogens with zero attached hydrogens (tertiary/aromatic N) is 2. The Morgan fingerprint density at radius 2 is 1.83 bits per heavy atom. The van der Waals surface area contributed by atoms with E-state index in [1.54, 1.807) is 0 Å². The summed E-state index contributed by atoms with van der Waals surface area (Å²) in [4.78, 5) is 4.45. The summed E-state index contributed by atoms with van der Waals surface area (Å²) in [7, 11) is 0. The zero-order chi connectivity index (χ0) is 12.4. The molecule has 18 heavy (non-hydrogen) atoms. The van der Waals surface area contributed by atoms with Crippen molar-refractivity contribution >= 4 is 0 Å². The molecule has 0 N–H and O–H groups in total. The molecular weight excluding hydrogens is 228 g/mol. The van der Waals surface area contributed by atoms with Crippen molar-refractivity contribution in [2.75, 3.05) is 13.2 Å². The van der Waals surface area contributed by atoms with Crippen molar-refractivity contribution in [3.8, 4) is 0 Å². The Morgan fingerprint density at radius 1 is 1.11 bits per heavy atom. The first kappa shape index (κ1) is 11.4. The molecule has 0 atom stereocenters. The number of hydrogen-bond acceptors (Lipinski definition) is 4. The van der Waals surface area contributed by atoms with Crippen LogP contribution in [0.4, 0.5) is 0 Å². The number of hydrogen-bond donors (Lipinski definition) is 0. The van der Waals surface area contributed by atoms with Gasteiger partial charge in [0.25, 0.3) is 0 Å². The van der Waals surface area contributed by atoms with Crippen LogP contribution in [0.1, 0.15) is 30.1 Å². The van der Waals surface area contributed by atoms with E-state index in [-0.39, 0.29) is 5.41 Å². The van der Waals surface area contributed by atoms with E-state index in [0.29, 0.717) is 5.82 Å². The van der Waals surface area contributed by atoms with Crippen LogP contribution in [0.2, 0.25) is 0 Å². The normalized spacial score (nSPS) is 18.7. The van der Waals surface area contributed by atoms with Crippen LogP contribution >= 0.6 is 0 Å². The van der Waals surface area contributed by atoms with Gasteiger partial charge in [-0.25, -0.2) is 0 Å². The molecule has 1 aliphatic heterocycles. The van der Waals surface area contributed by atoms with Crippen molar-refractivity contribution in [2.45, 2.75) is 25.2 Å². The molecule has 94 valence electrons. The quantitative estimate of drug-likeness (QED) is 0.814. The van der Waals surface area contributed by atoms with E-state index in [4.69, 9.17) is 9.26 Å². The van der Waals surface area contributed by atoms with Gasteiger partial charge in [-0.05, 0) is 25.3 Å². The second-order valence-corrected chi connectivity index (χ2v) is 4.71. The third-order valence-electron chi connectivity index (χ3n) is 3.61. The lowest BCUT2D eigenvalue weighted by Crippen LogP contribution is -2.35. The maximum Gasteiger partial charge on any atom is 0.237 e. The van der Waals surface area contributed by atoms with E-state index in [1.165, 1.54) is 5.56 Å². The van der Waals surface area contributed by atoms with Crippen LogP contribution in [0, 0.1) is 6.92 Å². The van der Waals surface area contributed by atoms with Crippen LogP contribution in [0.15, 0.2) is 34.9 Å². The molecule has 1 aliphatic rings. The molecule has 0 spiro atoms. The van der Waals surface area contributed by atoms with Gasteiger partial charge < -0.3 is 9.26 Å². The first-order chi connectivity index (χ1) is 8.81. The van der Waals surface area contributed by atoms with Gasteiger partial charge in [0, 0.05) is 13.2 Å². The summed E-state index contributed by atoms with van der Waals surface area (Å²) in [5.74, 6) is 1.40. The number of ether oxygens (including phenoxy) is 1. The maximum atomic E-state index is 5.48. The molecule has 2 heterocycles. The summed E-state index contributed by atoms with van der Waals surface area (Å²) in [5.41, 5.74) is 1.05. The van der Waals surface area contributed by atoms with Crippen LogP contribution in [0.3, 0.4) is 0 Å². The van der Waals surface area contributed by atoms with Crippen LogP contribution in [-0.4, -0.2) is 23.4 Å². The fraction of sp³-hybridized carbons (Fsp3) is 0.429. The highest BCUT2D eigenvalue weighted by atomic mass is 16.5. The lowest BCUT2D eigenvalue weighted by atomic mass is 9.74. The SMILES string of the molecule is Cc1noc(C2(c3ccccc3)CCOCC2)n1. The molecule has 0 aliphatic carbocycles. The van der Waals surface area contributed by atoms with Crippen molar-refractivity contribution in [3.63, 3.8) is 0 Å². The lowest BCUT2D eigenvalue weighted by Gasteiger charge is -2.34. The smallest absolute Gasteiger partial charge is 0.237 e. The average molecular weight is 244 g/mol. The van der Waals surface area contributed by atoms with E-state index in [2.05, 4.69) is 34.4 Å². The standard InChI is InChI=1S/C14H16N2O2/c1-11-15-13(18-16-11)14(7-9-17-10-8-14)12-5-3-2-4-6-12/h2-6H,7-10H2,1H3. The Balaban J connectivity index is 2.09. The highest BCUT2D eigenvalue weighted by Crippen LogP contribution is 2.40. The zero-order valence-electron chi connectivity index (χ0n) is 10.4. The number of aryl methyl sites for hydroxylation is 1. The maximum absolute atomic E-state index is 5.48. The molecule has 0 radical (unpaired) electrons. The molecule has 0 bridgehead atoms. The van der Waals surface area contributed by atoms with E-state index in [1.807, 2.05) is 13.0 Å². The Hall–Kier alpha value is -1.68. The summed E-state index contributed by atoms with van der Waals surface area (Å²) in [5, 5.41) is 3.94. The van der Waals surface area contributed by atoms with Crippen LogP contribution in [0.25, 0.3) is 0 Å². The molecule has 0 unspecified atom stereocenters. The van der Waals surface area contributed by atoms with Gasteiger partial charge in [-0.15, -0.1) is 0 Å². The van der Waals surface area contributed by atoms with Gasteiger partial charge in [-0.3, -0.25) is 0 Å². The van der Waals surface area contributed by atoms with Gasteiger partial charge in [-0.1, -0.05) is 35.5 Å². The predicted molar refractivity (Wildman–Crippen MR) is 66.3 cm³/mol. The monoisotopic (exact) mass is 244 g/mol. The fourth-order valence-electron chi connectivity index (χ4n) is 2.59. The molecule has 1 saturated heterocycles. The van der Waals surface area contributed by atoms with Gasteiger partial charge in [0.15, 0.2) is 5.82 Å². The molecule has 1 aromatic heterocycles. The number of aromatic nitrogens is 2. The molecule has 3 rings (SSSR count). The van der Waals surface area contributed by atoms with E-state index < -0.39 is 0 Å². The number of rotatable bonds is 2. The van der Waals surface area contributed by atoms with Crippen molar-refractivity contribution in [3.05, 3.63) is 47.6 Å². The molecular formula is C14H16N2O2.